The molecule has 1 aliphatic rings. The standard InChI is InChI=1S/C19H24N2.CH4O4S/c1-14-9-11-16(12-10-14)18-13-19(21(4)20(18)3)17-8-6-5-7-15(17)2;1-5-6(2,3)4/h5-12,18-19H,13H2,1-4H3;1H3,(H,2,3,4). The second kappa shape index (κ2) is 8.95. The highest BCUT2D eigenvalue weighted by Gasteiger charge is 2.36. The first-order valence-electron chi connectivity index (χ1n) is 8.74. The Labute approximate surface area is 162 Å². The summed E-state index contributed by atoms with van der Waals surface area (Å²) in [5.41, 5.74) is 5.56. The van der Waals surface area contributed by atoms with Crippen LogP contribution in [0.1, 0.15) is 40.8 Å². The van der Waals surface area contributed by atoms with Gasteiger partial charge in [-0.3, -0.25) is 8.74 Å². The summed E-state index contributed by atoms with van der Waals surface area (Å²) in [5, 5.41) is 4.76. The van der Waals surface area contributed by atoms with E-state index in [-0.39, 0.29) is 0 Å². The highest BCUT2D eigenvalue weighted by Crippen LogP contribution is 2.42. The molecule has 0 aromatic heterocycles. The van der Waals surface area contributed by atoms with Crippen LogP contribution >= 0.6 is 0 Å². The molecule has 2 atom stereocenters. The molecule has 0 radical (unpaired) electrons. The van der Waals surface area contributed by atoms with Crippen molar-refractivity contribution in [3.8, 4) is 0 Å². The Morgan fingerprint density at radius 2 is 1.48 bits per heavy atom. The average Bonchev–Trinajstić information content (AvgIpc) is 2.92. The minimum atomic E-state index is -4.16. The number of hydrazine groups is 1. The van der Waals surface area contributed by atoms with Gasteiger partial charge >= 0.3 is 10.4 Å². The van der Waals surface area contributed by atoms with Crippen LogP contribution in [-0.2, 0) is 14.6 Å². The van der Waals surface area contributed by atoms with Crippen molar-refractivity contribution in [3.63, 3.8) is 0 Å². The minimum absolute atomic E-state index is 0.459. The van der Waals surface area contributed by atoms with E-state index >= 15 is 0 Å². The second-order valence-corrected chi connectivity index (χ2v) is 7.97. The van der Waals surface area contributed by atoms with E-state index in [1.54, 1.807) is 0 Å². The van der Waals surface area contributed by atoms with Crippen molar-refractivity contribution in [2.45, 2.75) is 32.4 Å². The summed E-state index contributed by atoms with van der Waals surface area (Å²) < 4.78 is 29.7. The van der Waals surface area contributed by atoms with E-state index in [2.05, 4.69) is 90.7 Å². The summed E-state index contributed by atoms with van der Waals surface area (Å²) in [6, 6.07) is 18.6. The van der Waals surface area contributed by atoms with Crippen LogP contribution in [0.4, 0.5) is 0 Å². The van der Waals surface area contributed by atoms with Crippen molar-refractivity contribution in [2.24, 2.45) is 0 Å². The Balaban J connectivity index is 0.000000380. The maximum absolute atomic E-state index is 9.33. The molecule has 0 spiro atoms. The summed E-state index contributed by atoms with van der Waals surface area (Å²) in [6.07, 6.45) is 1.14. The molecule has 0 bridgehead atoms. The first-order chi connectivity index (χ1) is 12.6. The molecule has 0 amide bonds. The first-order valence-corrected chi connectivity index (χ1v) is 10.1. The highest BCUT2D eigenvalue weighted by atomic mass is 32.3. The van der Waals surface area contributed by atoms with Gasteiger partial charge in [0.1, 0.15) is 0 Å². The average molecular weight is 393 g/mol. The Bertz CT molecular complexity index is 853. The van der Waals surface area contributed by atoms with Gasteiger partial charge in [0.15, 0.2) is 0 Å². The molecule has 27 heavy (non-hydrogen) atoms. The summed E-state index contributed by atoms with van der Waals surface area (Å²) in [5.74, 6) is 0. The zero-order valence-electron chi connectivity index (χ0n) is 16.5. The smallest absolute Gasteiger partial charge is 0.264 e. The van der Waals surface area contributed by atoms with Crippen LogP contribution in [0.2, 0.25) is 0 Å². The van der Waals surface area contributed by atoms with Crippen molar-refractivity contribution in [1.82, 2.24) is 10.0 Å². The second-order valence-electron chi connectivity index (χ2n) is 6.78. The fraction of sp³-hybridized carbons (Fsp3) is 0.400. The van der Waals surface area contributed by atoms with Gasteiger partial charge in [0.25, 0.3) is 0 Å². The van der Waals surface area contributed by atoms with Crippen molar-refractivity contribution in [1.29, 1.82) is 0 Å². The van der Waals surface area contributed by atoms with Gasteiger partial charge in [0.05, 0.1) is 19.2 Å². The molecule has 6 nitrogen and oxygen atoms in total. The van der Waals surface area contributed by atoms with Crippen LogP contribution in [0.25, 0.3) is 0 Å². The number of hydrogen-bond donors (Lipinski definition) is 1. The van der Waals surface area contributed by atoms with Gasteiger partial charge in [0, 0.05) is 14.1 Å². The lowest BCUT2D eigenvalue weighted by Crippen LogP contribution is -2.32. The van der Waals surface area contributed by atoms with E-state index in [0.717, 1.165) is 13.5 Å². The quantitative estimate of drug-likeness (QED) is 0.803. The third-order valence-electron chi connectivity index (χ3n) is 5.07. The fourth-order valence-corrected chi connectivity index (χ4v) is 3.39. The largest absolute Gasteiger partial charge is 0.397 e. The van der Waals surface area contributed by atoms with Gasteiger partial charge in [-0.2, -0.15) is 8.42 Å². The lowest BCUT2D eigenvalue weighted by molar-refractivity contribution is 0.0251. The van der Waals surface area contributed by atoms with Crippen LogP contribution < -0.4 is 0 Å². The van der Waals surface area contributed by atoms with Crippen LogP contribution in [0, 0.1) is 13.8 Å². The van der Waals surface area contributed by atoms with E-state index in [4.69, 9.17) is 4.55 Å². The normalized spacial score (nSPS) is 21.0. The molecular weight excluding hydrogens is 364 g/mol. The third-order valence-corrected chi connectivity index (χ3v) is 5.49. The van der Waals surface area contributed by atoms with Crippen LogP contribution in [0.5, 0.6) is 0 Å². The van der Waals surface area contributed by atoms with E-state index in [0.29, 0.717) is 12.1 Å². The number of hydrogen-bond acceptors (Lipinski definition) is 5. The first kappa shape index (κ1) is 21.5. The Morgan fingerprint density at radius 3 is 2.00 bits per heavy atom. The lowest BCUT2D eigenvalue weighted by atomic mass is 9.94. The van der Waals surface area contributed by atoms with E-state index in [9.17, 15) is 8.42 Å². The van der Waals surface area contributed by atoms with Gasteiger partial charge in [-0.1, -0.05) is 54.1 Å². The predicted octanol–water partition coefficient (Wildman–Crippen LogP) is 3.70. The molecule has 3 rings (SSSR count). The van der Waals surface area contributed by atoms with E-state index in [1.165, 1.54) is 22.3 Å². The van der Waals surface area contributed by atoms with E-state index < -0.39 is 10.4 Å². The Hall–Kier alpha value is -1.77. The topological polar surface area (TPSA) is 70.1 Å². The predicted molar refractivity (Wildman–Crippen MR) is 107 cm³/mol. The number of benzene rings is 2. The summed E-state index contributed by atoms with van der Waals surface area (Å²) in [6.45, 7) is 4.35. The Kier molecular flexibility index (Phi) is 7.13. The molecule has 0 saturated carbocycles. The molecule has 0 aliphatic carbocycles. The SMILES string of the molecule is COS(=O)(=O)O.Cc1ccc(C2CC(c3ccccc3C)N(C)N2C)cc1. The summed E-state index contributed by atoms with van der Waals surface area (Å²) in [7, 11) is 1.11. The van der Waals surface area contributed by atoms with Crippen LogP contribution in [0.15, 0.2) is 48.5 Å². The van der Waals surface area contributed by atoms with Crippen molar-refractivity contribution >= 4 is 10.4 Å². The van der Waals surface area contributed by atoms with Gasteiger partial charge in [0.2, 0.25) is 0 Å². The molecule has 1 heterocycles. The molecule has 148 valence electrons. The van der Waals surface area contributed by atoms with Gasteiger partial charge < -0.3 is 0 Å². The molecule has 2 aromatic carbocycles. The van der Waals surface area contributed by atoms with Crippen molar-refractivity contribution < 1.29 is 17.2 Å². The number of rotatable bonds is 3. The maximum atomic E-state index is 9.33. The lowest BCUT2D eigenvalue weighted by Gasteiger charge is -2.28. The van der Waals surface area contributed by atoms with Crippen molar-refractivity contribution in [2.75, 3.05) is 21.2 Å². The zero-order chi connectivity index (χ0) is 20.2. The Morgan fingerprint density at radius 1 is 0.963 bits per heavy atom. The summed E-state index contributed by atoms with van der Waals surface area (Å²) in [4.78, 5) is 0. The number of aryl methyl sites for hydroxylation is 2. The molecule has 1 N–H and O–H groups in total. The molecule has 1 aliphatic heterocycles. The van der Waals surface area contributed by atoms with E-state index in [1.807, 2.05) is 0 Å². The fourth-order valence-electron chi connectivity index (χ4n) is 3.39. The highest BCUT2D eigenvalue weighted by molar-refractivity contribution is 7.80. The molecule has 2 unspecified atom stereocenters. The third kappa shape index (κ3) is 5.60. The van der Waals surface area contributed by atoms with Crippen molar-refractivity contribution in [3.05, 3.63) is 70.8 Å². The van der Waals surface area contributed by atoms with Gasteiger partial charge in [-0.15, -0.1) is 0 Å². The van der Waals surface area contributed by atoms with Crippen LogP contribution in [-0.4, -0.2) is 44.2 Å². The zero-order valence-corrected chi connectivity index (χ0v) is 17.3. The monoisotopic (exact) mass is 392 g/mol. The molecule has 1 fully saturated rings. The molecular formula is C20H28N2O4S. The minimum Gasteiger partial charge on any atom is -0.264 e. The number of nitrogens with zero attached hydrogens (tertiary/aromatic N) is 2. The summed E-state index contributed by atoms with van der Waals surface area (Å²) >= 11 is 0. The molecule has 1 saturated heterocycles. The molecule has 7 heteroatoms. The molecule has 2 aromatic rings. The van der Waals surface area contributed by atoms with Gasteiger partial charge in [-0.05, 0) is 37.0 Å². The van der Waals surface area contributed by atoms with Gasteiger partial charge in [-0.25, -0.2) is 10.0 Å². The maximum Gasteiger partial charge on any atom is 0.397 e. The van der Waals surface area contributed by atoms with Crippen LogP contribution in [0.3, 0.4) is 0 Å².